The van der Waals surface area contributed by atoms with E-state index >= 15 is 0 Å². The van der Waals surface area contributed by atoms with Crippen LogP contribution in [0.4, 0.5) is 0 Å². The van der Waals surface area contributed by atoms with Crippen molar-refractivity contribution in [2.45, 2.75) is 77.8 Å². The van der Waals surface area contributed by atoms with E-state index < -0.39 is 5.97 Å². The monoisotopic (exact) mass is 700 g/mol. The molecule has 1 aromatic rings. The summed E-state index contributed by atoms with van der Waals surface area (Å²) in [5.41, 5.74) is 0.368. The van der Waals surface area contributed by atoms with E-state index in [1.54, 1.807) is 12.1 Å². The molecule has 37 heavy (non-hydrogen) atoms. The maximum Gasteiger partial charge on any atom is 0.338 e. The molecule has 2 heterocycles. The fourth-order valence-electron chi connectivity index (χ4n) is 6.62. The second-order valence-electron chi connectivity index (χ2n) is 10.6. The van der Waals surface area contributed by atoms with Crippen LogP contribution >= 0.6 is 0 Å². The van der Waals surface area contributed by atoms with Crippen LogP contribution in [0, 0.1) is 29.6 Å². The second kappa shape index (κ2) is 14.1. The Labute approximate surface area is 234 Å². The maximum absolute atomic E-state index is 12.7. The number of hydrogen-bond donors (Lipinski definition) is 0. The normalized spacial score (nSPS) is 32.5. The van der Waals surface area contributed by atoms with Crippen molar-refractivity contribution in [2.24, 2.45) is 29.6 Å². The van der Waals surface area contributed by atoms with Crippen molar-refractivity contribution in [1.29, 1.82) is 0 Å². The first-order valence-corrected chi connectivity index (χ1v) is 13.2. The van der Waals surface area contributed by atoms with Gasteiger partial charge in [-0.1, -0.05) is 20.3 Å². The number of benzene rings is 1. The number of carbonyl (C=O) groups is 1. The average molecular weight is 699 g/mol. The molecule has 0 amide bonds. The van der Waals surface area contributed by atoms with Gasteiger partial charge in [0, 0.05) is 25.7 Å². The van der Waals surface area contributed by atoms with Gasteiger partial charge in [-0.15, -0.1) is 0 Å². The van der Waals surface area contributed by atoms with Gasteiger partial charge < -0.3 is 33.9 Å². The molecule has 1 saturated carbocycles. The smallest absolute Gasteiger partial charge is 0.338 e. The summed E-state index contributed by atoms with van der Waals surface area (Å²) in [5.74, 6) is 3.97. The van der Waals surface area contributed by atoms with Gasteiger partial charge in [0.1, 0.15) is 0 Å². The minimum Gasteiger partial charge on any atom is -0.493 e. The van der Waals surface area contributed by atoms with E-state index in [9.17, 15) is 4.79 Å². The van der Waals surface area contributed by atoms with Gasteiger partial charge in [0.05, 0.1) is 45.7 Å². The van der Waals surface area contributed by atoms with Crippen molar-refractivity contribution in [1.82, 2.24) is 0 Å². The first-order valence-electron chi connectivity index (χ1n) is 13.2. The summed E-state index contributed by atoms with van der Waals surface area (Å²) in [7, 11) is 4.58. The van der Waals surface area contributed by atoms with Crippen molar-refractivity contribution in [2.75, 3.05) is 27.9 Å². The summed E-state index contributed by atoms with van der Waals surface area (Å²) in [4.78, 5) is 12.7. The van der Waals surface area contributed by atoms with Gasteiger partial charge in [-0.25, -0.2) is 4.79 Å². The molecule has 3 aliphatic rings. The number of esters is 1. The van der Waals surface area contributed by atoms with Gasteiger partial charge in [0.25, 0.3) is 0 Å². The number of hydrogen-bond acceptors (Lipinski definition) is 7. The van der Waals surface area contributed by atoms with Crippen molar-refractivity contribution < 1.29 is 58.5 Å². The van der Waals surface area contributed by atoms with Gasteiger partial charge in [0.15, 0.2) is 17.8 Å². The third-order valence-electron chi connectivity index (χ3n) is 8.60. The largest absolute Gasteiger partial charge is 0.493 e. The van der Waals surface area contributed by atoms with E-state index in [0.717, 1.165) is 25.2 Å². The molecule has 0 aromatic heterocycles. The van der Waals surface area contributed by atoms with Crippen LogP contribution in [0.25, 0.3) is 0 Å². The fraction of sp³-hybridized carbons (Fsp3) is 0.750. The molecule has 1 aromatic carbocycles. The molecule has 0 radical (unpaired) electrons. The molecule has 8 nitrogen and oxygen atoms in total. The summed E-state index contributed by atoms with van der Waals surface area (Å²) in [5, 5.41) is 0. The SMILES string of the molecule is COc1cc(C(=O)OCCC[C@H]2OC3OC(C)CC[C@@H]4C3[C@@H](CC[C@H]4C)[C@H]2C)cc(OC)c1OC.O.[Os]. The van der Waals surface area contributed by atoms with Crippen LogP contribution in [0.15, 0.2) is 12.1 Å². The van der Waals surface area contributed by atoms with Crippen LogP contribution in [0.3, 0.4) is 0 Å². The molecular formula is C28H44O8Os. The zero-order chi connectivity index (χ0) is 25.1. The Hall–Kier alpha value is -1.39. The number of ether oxygens (including phenoxy) is 6. The molecule has 212 valence electrons. The van der Waals surface area contributed by atoms with Crippen molar-refractivity contribution in [3.63, 3.8) is 0 Å². The molecule has 4 rings (SSSR count). The van der Waals surface area contributed by atoms with Gasteiger partial charge in [-0.2, -0.15) is 0 Å². The Balaban J connectivity index is 0.00000241. The van der Waals surface area contributed by atoms with E-state index in [-0.39, 0.29) is 43.8 Å². The summed E-state index contributed by atoms with van der Waals surface area (Å²) in [6, 6.07) is 3.22. The molecule has 1 aliphatic carbocycles. The Morgan fingerprint density at radius 3 is 2.19 bits per heavy atom. The zero-order valence-corrected chi connectivity index (χ0v) is 25.5. The predicted molar refractivity (Wildman–Crippen MR) is 136 cm³/mol. The van der Waals surface area contributed by atoms with Crippen LogP contribution in [0.1, 0.15) is 69.7 Å². The molecule has 9 heteroatoms. The van der Waals surface area contributed by atoms with E-state index in [1.165, 1.54) is 40.6 Å². The van der Waals surface area contributed by atoms with E-state index in [2.05, 4.69) is 20.8 Å². The van der Waals surface area contributed by atoms with Crippen LogP contribution in [0.5, 0.6) is 17.2 Å². The Bertz CT molecular complexity index is 855. The fourth-order valence-corrected chi connectivity index (χ4v) is 6.62. The summed E-state index contributed by atoms with van der Waals surface area (Å²) in [6.07, 6.45) is 6.78. The van der Waals surface area contributed by atoms with Gasteiger partial charge in [-0.05, 0) is 74.8 Å². The topological polar surface area (TPSA) is 104 Å². The van der Waals surface area contributed by atoms with Crippen molar-refractivity contribution in [3.05, 3.63) is 17.7 Å². The zero-order valence-electron chi connectivity index (χ0n) is 22.9. The first-order chi connectivity index (χ1) is 16.9. The molecular weight excluding hydrogens is 655 g/mol. The third-order valence-corrected chi connectivity index (χ3v) is 8.60. The molecule has 8 atom stereocenters. The molecule has 2 N–H and O–H groups in total. The van der Waals surface area contributed by atoms with E-state index in [4.69, 9.17) is 28.4 Å². The Morgan fingerprint density at radius 2 is 1.57 bits per heavy atom. The Morgan fingerprint density at radius 1 is 0.919 bits per heavy atom. The van der Waals surface area contributed by atoms with Crippen LogP contribution in [-0.2, 0) is 34.0 Å². The van der Waals surface area contributed by atoms with Crippen LogP contribution in [0.2, 0.25) is 0 Å². The summed E-state index contributed by atoms with van der Waals surface area (Å²) in [6.45, 7) is 7.26. The Kier molecular flexibility index (Phi) is 12.1. The van der Waals surface area contributed by atoms with E-state index in [0.29, 0.717) is 53.1 Å². The third kappa shape index (κ3) is 6.79. The molecule has 2 aliphatic heterocycles. The predicted octanol–water partition coefficient (Wildman–Crippen LogP) is 4.66. The maximum atomic E-state index is 12.7. The minimum atomic E-state index is -0.410. The number of rotatable bonds is 8. The summed E-state index contributed by atoms with van der Waals surface area (Å²) >= 11 is 0. The van der Waals surface area contributed by atoms with Crippen LogP contribution < -0.4 is 14.2 Å². The number of carbonyl (C=O) groups excluding carboxylic acids is 1. The van der Waals surface area contributed by atoms with E-state index in [1.807, 2.05) is 0 Å². The molecule has 3 fully saturated rings. The first kappa shape index (κ1) is 31.8. The second-order valence-corrected chi connectivity index (χ2v) is 10.6. The standard InChI is InChI=1S/C28H42O7.H2O.Os/c1-16-9-11-21-18(3)22(35-28-25(21)20(16)12-10-17(2)34-28)8-7-13-33-27(29)19-14-23(30-4)26(32-6)24(15-19)31-5;;/h14-18,20-22,25,28H,7-13H2,1-6H3;1H2;/t16-,17?,18-,20+,21+,22-,25?,28?;;/m1../s1. The van der Waals surface area contributed by atoms with Gasteiger partial charge in [-0.3, -0.25) is 0 Å². The average Bonchev–Trinajstić information content (AvgIpc) is 3.03. The number of methoxy groups -OCH3 is 3. The van der Waals surface area contributed by atoms with Crippen molar-refractivity contribution in [3.8, 4) is 17.2 Å². The van der Waals surface area contributed by atoms with Crippen molar-refractivity contribution >= 4 is 5.97 Å². The van der Waals surface area contributed by atoms with Gasteiger partial charge in [0.2, 0.25) is 5.75 Å². The van der Waals surface area contributed by atoms with Crippen LogP contribution in [-0.4, -0.2) is 57.9 Å². The molecule has 2 saturated heterocycles. The quantitative estimate of drug-likeness (QED) is 0.288. The summed E-state index contributed by atoms with van der Waals surface area (Å²) < 4.78 is 34.6. The molecule has 0 bridgehead atoms. The molecule has 3 unspecified atom stereocenters. The van der Waals surface area contributed by atoms with Gasteiger partial charge >= 0.3 is 5.97 Å². The minimum absolute atomic E-state index is 0. The molecule has 0 spiro atoms.